The molecule has 0 spiro atoms. The molecule has 0 aromatic heterocycles. The number of carbonyl (C=O) groups is 4. The van der Waals surface area contributed by atoms with Crippen LogP contribution in [0.25, 0.3) is 0 Å². The minimum atomic E-state index is -0.578. The monoisotopic (exact) mass is 610 g/mol. The molecule has 0 heterocycles. The van der Waals surface area contributed by atoms with Gasteiger partial charge in [-0.3, -0.25) is 40.9 Å². The van der Waals surface area contributed by atoms with E-state index in [0.717, 1.165) is 38.5 Å². The van der Waals surface area contributed by atoms with E-state index in [1.54, 1.807) is 24.3 Å². The lowest BCUT2D eigenvalue weighted by Gasteiger charge is -2.17. The Labute approximate surface area is 261 Å². The topological polar surface area (TPSA) is 157 Å². The molecule has 1 atom stereocenters. The molecule has 2 aromatic carbocycles. The summed E-state index contributed by atoms with van der Waals surface area (Å²) in [5.74, 6) is -2.20. The highest BCUT2D eigenvalue weighted by Gasteiger charge is 2.20. The predicted octanol–water partition coefficient (Wildman–Crippen LogP) is 5.76. The Morgan fingerprint density at radius 1 is 0.614 bits per heavy atom. The second-order valence-corrected chi connectivity index (χ2v) is 11.2. The zero-order chi connectivity index (χ0) is 32.3. The molecule has 0 saturated heterocycles. The molecule has 4 amide bonds. The van der Waals surface area contributed by atoms with Crippen molar-refractivity contribution < 1.29 is 29.4 Å². The molecule has 1 unspecified atom stereocenters. The van der Waals surface area contributed by atoms with Gasteiger partial charge in [0.1, 0.15) is 11.5 Å². The molecule has 0 fully saturated rings. The van der Waals surface area contributed by atoms with Crippen molar-refractivity contribution in [2.75, 3.05) is 0 Å². The van der Waals surface area contributed by atoms with Gasteiger partial charge >= 0.3 is 0 Å². The summed E-state index contributed by atoms with van der Waals surface area (Å²) >= 11 is 0. The Kier molecular flexibility index (Phi) is 16.4. The molecular formula is C34H50N4O6. The molecule has 6 N–H and O–H groups in total. The zero-order valence-corrected chi connectivity index (χ0v) is 26.5. The van der Waals surface area contributed by atoms with E-state index in [0.29, 0.717) is 56.1 Å². The van der Waals surface area contributed by atoms with Gasteiger partial charge in [0.15, 0.2) is 0 Å². The molecule has 2 rings (SSSR count). The standard InChI is InChI=1S/C34H50N4O6/c1-4-7-15-24-19-13-21-27(30(24)40)33(43)37-35-29(39)23-12-10-11-18-26(17-9-6-3)32(42)36-38-34(44)28-22-14-20-25(31(28)41)16-8-5-2/h13-14,19-22,26,40-41H,4-12,15-18,23H2,1-3H3,(H,35,39)(H,36,42)(H,37,43)(H,38,44). The maximum Gasteiger partial charge on any atom is 0.273 e. The van der Waals surface area contributed by atoms with Gasteiger partial charge in [0.05, 0.1) is 11.1 Å². The number of phenols is 2. The number of benzene rings is 2. The average molecular weight is 611 g/mol. The lowest BCUT2D eigenvalue weighted by atomic mass is 9.94. The van der Waals surface area contributed by atoms with Crippen LogP contribution in [0.4, 0.5) is 0 Å². The largest absolute Gasteiger partial charge is 0.507 e. The fraction of sp³-hybridized carbons (Fsp3) is 0.529. The number of carbonyl (C=O) groups excluding carboxylic acids is 4. The Morgan fingerprint density at radius 2 is 1.11 bits per heavy atom. The third kappa shape index (κ3) is 11.9. The fourth-order valence-electron chi connectivity index (χ4n) is 4.94. The predicted molar refractivity (Wildman–Crippen MR) is 171 cm³/mol. The van der Waals surface area contributed by atoms with Gasteiger partial charge < -0.3 is 10.2 Å². The maximum absolute atomic E-state index is 12.9. The van der Waals surface area contributed by atoms with E-state index in [1.807, 2.05) is 6.92 Å². The van der Waals surface area contributed by atoms with Crippen LogP contribution in [-0.4, -0.2) is 33.8 Å². The van der Waals surface area contributed by atoms with E-state index in [1.165, 1.54) is 12.1 Å². The van der Waals surface area contributed by atoms with Crippen molar-refractivity contribution in [1.82, 2.24) is 21.7 Å². The molecule has 0 aliphatic carbocycles. The first-order valence-electron chi connectivity index (χ1n) is 16.0. The van der Waals surface area contributed by atoms with Crippen LogP contribution in [0.5, 0.6) is 11.5 Å². The number of aromatic hydroxyl groups is 2. The third-order valence-electron chi connectivity index (χ3n) is 7.68. The summed E-state index contributed by atoms with van der Waals surface area (Å²) in [6.07, 6.45) is 10.4. The minimum absolute atomic E-state index is 0.0615. The summed E-state index contributed by atoms with van der Waals surface area (Å²) in [4.78, 5) is 50.3. The second kappa shape index (κ2) is 20.0. The highest BCUT2D eigenvalue weighted by molar-refractivity contribution is 5.98. The van der Waals surface area contributed by atoms with E-state index in [2.05, 4.69) is 35.6 Å². The van der Waals surface area contributed by atoms with Gasteiger partial charge in [0.2, 0.25) is 11.8 Å². The average Bonchev–Trinajstić information content (AvgIpc) is 3.02. The number of hydrogen-bond acceptors (Lipinski definition) is 6. The molecule has 0 aliphatic heterocycles. The Balaban J connectivity index is 1.76. The van der Waals surface area contributed by atoms with Crippen LogP contribution in [0.1, 0.15) is 130 Å². The quantitative estimate of drug-likeness (QED) is 0.0930. The molecule has 10 heteroatoms. The molecule has 0 aliphatic rings. The summed E-state index contributed by atoms with van der Waals surface area (Å²) in [6.45, 7) is 6.16. The normalized spacial score (nSPS) is 11.4. The summed E-state index contributed by atoms with van der Waals surface area (Å²) in [5.41, 5.74) is 11.4. The van der Waals surface area contributed by atoms with Gasteiger partial charge in [-0.25, -0.2) is 0 Å². The van der Waals surface area contributed by atoms with Crippen molar-refractivity contribution in [3.05, 3.63) is 58.7 Å². The summed E-state index contributed by atoms with van der Waals surface area (Å²) in [5, 5.41) is 20.9. The van der Waals surface area contributed by atoms with Crippen molar-refractivity contribution in [3.8, 4) is 11.5 Å². The number of nitrogens with one attached hydrogen (secondary N) is 4. The fourth-order valence-corrected chi connectivity index (χ4v) is 4.94. The van der Waals surface area contributed by atoms with E-state index in [4.69, 9.17) is 0 Å². The molecular weight excluding hydrogens is 560 g/mol. The SMILES string of the molecule is CCCCc1cccc(C(=O)NNC(=O)CCCCCC(CCCC)C(=O)NNC(=O)c2cccc(CCCC)c2O)c1O. The first kappa shape index (κ1) is 36.1. The van der Waals surface area contributed by atoms with Crippen LogP contribution in [0.2, 0.25) is 0 Å². The minimum Gasteiger partial charge on any atom is -0.507 e. The number of hydrogen-bond donors (Lipinski definition) is 6. The number of aryl methyl sites for hydroxylation is 2. The summed E-state index contributed by atoms with van der Waals surface area (Å²) in [7, 11) is 0. The van der Waals surface area contributed by atoms with Crippen molar-refractivity contribution in [3.63, 3.8) is 0 Å². The van der Waals surface area contributed by atoms with Gasteiger partial charge in [-0.15, -0.1) is 0 Å². The Morgan fingerprint density at radius 3 is 1.64 bits per heavy atom. The van der Waals surface area contributed by atoms with Crippen LogP contribution >= 0.6 is 0 Å². The summed E-state index contributed by atoms with van der Waals surface area (Å²) < 4.78 is 0. The van der Waals surface area contributed by atoms with Gasteiger partial charge in [0, 0.05) is 12.3 Å². The van der Waals surface area contributed by atoms with Gasteiger partial charge in [-0.2, -0.15) is 0 Å². The molecule has 2 aromatic rings. The highest BCUT2D eigenvalue weighted by atomic mass is 16.3. The van der Waals surface area contributed by atoms with E-state index in [-0.39, 0.29) is 46.8 Å². The van der Waals surface area contributed by atoms with Gasteiger partial charge in [0.25, 0.3) is 11.8 Å². The molecule has 0 saturated carbocycles. The molecule has 0 bridgehead atoms. The molecule has 44 heavy (non-hydrogen) atoms. The van der Waals surface area contributed by atoms with Gasteiger partial charge in [-0.05, 0) is 68.2 Å². The smallest absolute Gasteiger partial charge is 0.273 e. The van der Waals surface area contributed by atoms with Crippen molar-refractivity contribution in [2.45, 2.75) is 111 Å². The van der Waals surface area contributed by atoms with Crippen molar-refractivity contribution >= 4 is 23.6 Å². The van der Waals surface area contributed by atoms with Crippen LogP contribution < -0.4 is 21.7 Å². The Hall–Kier alpha value is -4.08. The number of para-hydroxylation sites is 2. The molecule has 242 valence electrons. The first-order chi connectivity index (χ1) is 21.2. The Bertz CT molecular complexity index is 1230. The lowest BCUT2D eigenvalue weighted by Crippen LogP contribution is -2.44. The molecule has 10 nitrogen and oxygen atoms in total. The van der Waals surface area contributed by atoms with Crippen molar-refractivity contribution in [2.24, 2.45) is 5.92 Å². The van der Waals surface area contributed by atoms with Crippen molar-refractivity contribution in [1.29, 1.82) is 0 Å². The highest BCUT2D eigenvalue weighted by Crippen LogP contribution is 2.25. The number of amides is 4. The van der Waals surface area contributed by atoms with Gasteiger partial charge in [-0.1, -0.05) is 83.6 Å². The number of rotatable bonds is 18. The molecule has 0 radical (unpaired) electrons. The van der Waals surface area contributed by atoms with Crippen LogP contribution in [0, 0.1) is 5.92 Å². The number of hydrazine groups is 2. The first-order valence-corrected chi connectivity index (χ1v) is 16.0. The second-order valence-electron chi connectivity index (χ2n) is 11.2. The zero-order valence-electron chi connectivity index (χ0n) is 26.5. The third-order valence-corrected chi connectivity index (χ3v) is 7.68. The van der Waals surface area contributed by atoms with E-state index >= 15 is 0 Å². The van der Waals surface area contributed by atoms with Crippen LogP contribution in [0.3, 0.4) is 0 Å². The number of phenolic OH excluding ortho intramolecular Hbond substituents is 2. The maximum atomic E-state index is 12.9. The van der Waals surface area contributed by atoms with E-state index < -0.39 is 11.8 Å². The van der Waals surface area contributed by atoms with E-state index in [9.17, 15) is 29.4 Å². The van der Waals surface area contributed by atoms with Crippen LogP contribution in [0.15, 0.2) is 36.4 Å². The lowest BCUT2D eigenvalue weighted by molar-refractivity contribution is -0.126. The summed E-state index contributed by atoms with van der Waals surface area (Å²) in [6, 6.07) is 10.0. The number of unbranched alkanes of at least 4 members (excludes halogenated alkanes) is 5. The van der Waals surface area contributed by atoms with Crippen LogP contribution in [-0.2, 0) is 22.4 Å².